The highest BCUT2D eigenvalue weighted by Gasteiger charge is 2.19. The van der Waals surface area contributed by atoms with Gasteiger partial charge in [0.2, 0.25) is 5.91 Å². The van der Waals surface area contributed by atoms with E-state index in [1.165, 1.54) is 32.1 Å². The molecule has 0 aliphatic heterocycles. The fourth-order valence-corrected chi connectivity index (χ4v) is 5.32. The molecule has 44 heavy (non-hydrogen) atoms. The van der Waals surface area contributed by atoms with Crippen LogP contribution in [0.15, 0.2) is 102 Å². The zero-order valence-corrected chi connectivity index (χ0v) is 26.3. The Balaban J connectivity index is 1.54. The first-order valence-electron chi connectivity index (χ1n) is 13.3. The van der Waals surface area contributed by atoms with Gasteiger partial charge in [0.15, 0.2) is 11.5 Å². The average Bonchev–Trinajstić information content (AvgIpc) is 3.02. The van der Waals surface area contributed by atoms with E-state index in [-0.39, 0.29) is 11.6 Å². The summed E-state index contributed by atoms with van der Waals surface area (Å²) >= 11 is 13.5. The molecule has 0 saturated carbocycles. The van der Waals surface area contributed by atoms with E-state index in [2.05, 4.69) is 16.0 Å². The minimum absolute atomic E-state index is 0.0189. The molecule has 11 heteroatoms. The van der Waals surface area contributed by atoms with Gasteiger partial charge >= 0.3 is 0 Å². The summed E-state index contributed by atoms with van der Waals surface area (Å²) < 4.78 is 10.9. The molecule has 4 aromatic carbocycles. The molecule has 0 heterocycles. The number of carbonyl (C=O) groups is 3. The molecule has 0 saturated heterocycles. The standard InChI is InChI=1S/C33H29Cl2N3O5S/c1-20(31(39)37-27-18-23(34)15-16-26(27)35)44-25-13-8-12-24(19-25)36-33(41)28(38-32(40)21-9-5-4-6-10-21)17-22-11-7-14-29(42-2)30(22)43-3/h4-20H,1-3H3,(H,36,41)(H,37,39)(H,38,40)/b28-17+. The smallest absolute Gasteiger partial charge is 0.272 e. The van der Waals surface area contributed by atoms with Crippen molar-refractivity contribution in [2.45, 2.75) is 17.1 Å². The van der Waals surface area contributed by atoms with Crippen LogP contribution < -0.4 is 25.4 Å². The molecular weight excluding hydrogens is 621 g/mol. The molecule has 1 unspecified atom stereocenters. The summed E-state index contributed by atoms with van der Waals surface area (Å²) in [4.78, 5) is 40.2. The Morgan fingerprint density at radius 2 is 1.59 bits per heavy atom. The maximum atomic E-state index is 13.6. The molecule has 226 valence electrons. The monoisotopic (exact) mass is 649 g/mol. The predicted octanol–water partition coefficient (Wildman–Crippen LogP) is 7.54. The van der Waals surface area contributed by atoms with Crippen LogP contribution in [-0.4, -0.2) is 37.2 Å². The Hall–Kier alpha value is -4.44. The van der Waals surface area contributed by atoms with Crippen molar-refractivity contribution in [2.24, 2.45) is 0 Å². The second-order valence-electron chi connectivity index (χ2n) is 9.32. The number of hydrogen-bond acceptors (Lipinski definition) is 6. The minimum Gasteiger partial charge on any atom is -0.493 e. The largest absolute Gasteiger partial charge is 0.493 e. The summed E-state index contributed by atoms with van der Waals surface area (Å²) in [6.45, 7) is 1.76. The molecule has 0 aliphatic rings. The lowest BCUT2D eigenvalue weighted by Crippen LogP contribution is -2.30. The Bertz CT molecular complexity index is 1700. The van der Waals surface area contributed by atoms with Crippen molar-refractivity contribution in [1.82, 2.24) is 5.32 Å². The van der Waals surface area contributed by atoms with Crippen LogP contribution in [0.3, 0.4) is 0 Å². The SMILES string of the molecule is COc1cccc(/C=C(/NC(=O)c2ccccc2)C(=O)Nc2cccc(SC(C)C(=O)Nc3cc(Cl)ccc3Cl)c2)c1OC. The summed E-state index contributed by atoms with van der Waals surface area (Å²) in [5, 5.41) is 8.68. The lowest BCUT2D eigenvalue weighted by atomic mass is 10.1. The van der Waals surface area contributed by atoms with Crippen molar-refractivity contribution < 1.29 is 23.9 Å². The zero-order chi connectivity index (χ0) is 31.6. The molecule has 4 aromatic rings. The number of benzene rings is 4. The van der Waals surface area contributed by atoms with Crippen LogP contribution in [-0.2, 0) is 9.59 Å². The maximum absolute atomic E-state index is 13.6. The normalized spacial score (nSPS) is 11.7. The van der Waals surface area contributed by atoms with E-state index < -0.39 is 17.1 Å². The van der Waals surface area contributed by atoms with Gasteiger partial charge in [-0.05, 0) is 67.6 Å². The minimum atomic E-state index is -0.567. The van der Waals surface area contributed by atoms with Crippen LogP contribution in [0.2, 0.25) is 10.0 Å². The lowest BCUT2D eigenvalue weighted by molar-refractivity contribution is -0.115. The van der Waals surface area contributed by atoms with Crippen LogP contribution >= 0.6 is 35.0 Å². The molecule has 3 amide bonds. The number of amides is 3. The molecule has 0 aliphatic carbocycles. The Kier molecular flexibility index (Phi) is 11.3. The van der Waals surface area contributed by atoms with Crippen molar-refractivity contribution in [2.75, 3.05) is 24.9 Å². The number of halogens is 2. The summed E-state index contributed by atoms with van der Waals surface area (Å²) in [6, 6.07) is 25.6. The molecule has 3 N–H and O–H groups in total. The quantitative estimate of drug-likeness (QED) is 0.114. The van der Waals surface area contributed by atoms with E-state index in [0.29, 0.717) is 44.0 Å². The van der Waals surface area contributed by atoms with E-state index >= 15 is 0 Å². The van der Waals surface area contributed by atoms with E-state index in [4.69, 9.17) is 32.7 Å². The highest BCUT2D eigenvalue weighted by molar-refractivity contribution is 8.00. The first-order valence-corrected chi connectivity index (χ1v) is 14.9. The number of para-hydroxylation sites is 1. The summed E-state index contributed by atoms with van der Waals surface area (Å²) in [7, 11) is 3.00. The third kappa shape index (κ3) is 8.57. The van der Waals surface area contributed by atoms with E-state index in [1.807, 2.05) is 6.07 Å². The highest BCUT2D eigenvalue weighted by Crippen LogP contribution is 2.33. The van der Waals surface area contributed by atoms with Gasteiger partial charge in [-0.15, -0.1) is 11.8 Å². The van der Waals surface area contributed by atoms with Gasteiger partial charge in [0.1, 0.15) is 5.70 Å². The van der Waals surface area contributed by atoms with Gasteiger partial charge < -0.3 is 25.4 Å². The molecule has 0 fully saturated rings. The van der Waals surface area contributed by atoms with Crippen molar-refractivity contribution >= 4 is 70.1 Å². The van der Waals surface area contributed by atoms with Crippen LogP contribution in [0, 0.1) is 0 Å². The molecule has 1 atom stereocenters. The van der Waals surface area contributed by atoms with E-state index in [1.54, 1.807) is 91.9 Å². The fourth-order valence-electron chi connectivity index (χ4n) is 4.05. The van der Waals surface area contributed by atoms with Crippen molar-refractivity contribution in [3.8, 4) is 11.5 Å². The summed E-state index contributed by atoms with van der Waals surface area (Å²) in [5.74, 6) is -0.426. The van der Waals surface area contributed by atoms with Crippen LogP contribution in [0.4, 0.5) is 11.4 Å². The zero-order valence-electron chi connectivity index (χ0n) is 24.0. The third-order valence-corrected chi connectivity index (χ3v) is 7.88. The average molecular weight is 651 g/mol. The van der Waals surface area contributed by atoms with E-state index in [9.17, 15) is 14.4 Å². The number of rotatable bonds is 11. The predicted molar refractivity (Wildman–Crippen MR) is 177 cm³/mol. The summed E-state index contributed by atoms with van der Waals surface area (Å²) in [5.41, 5.74) is 1.77. The molecule has 0 radical (unpaired) electrons. The molecule has 0 aromatic heterocycles. The number of anilines is 2. The van der Waals surface area contributed by atoms with Gasteiger partial charge in [0.05, 0.1) is 30.2 Å². The van der Waals surface area contributed by atoms with Gasteiger partial charge in [-0.1, -0.05) is 59.6 Å². The number of ether oxygens (including phenoxy) is 2. The number of thioether (sulfide) groups is 1. The van der Waals surface area contributed by atoms with Gasteiger partial charge in [-0.3, -0.25) is 14.4 Å². The van der Waals surface area contributed by atoms with E-state index in [0.717, 1.165) is 4.90 Å². The molecule has 8 nitrogen and oxygen atoms in total. The van der Waals surface area contributed by atoms with Crippen molar-refractivity contribution in [3.05, 3.63) is 118 Å². The van der Waals surface area contributed by atoms with Gasteiger partial charge in [0.25, 0.3) is 11.8 Å². The second kappa shape index (κ2) is 15.3. The Labute approximate surface area is 269 Å². The first-order chi connectivity index (χ1) is 21.2. The number of nitrogens with one attached hydrogen (secondary N) is 3. The maximum Gasteiger partial charge on any atom is 0.272 e. The van der Waals surface area contributed by atoms with Gasteiger partial charge in [0, 0.05) is 26.7 Å². The Morgan fingerprint density at radius 1 is 0.841 bits per heavy atom. The van der Waals surface area contributed by atoms with Crippen molar-refractivity contribution in [1.29, 1.82) is 0 Å². The van der Waals surface area contributed by atoms with Crippen LogP contribution in [0.25, 0.3) is 6.08 Å². The number of carbonyl (C=O) groups excluding carboxylic acids is 3. The van der Waals surface area contributed by atoms with Crippen LogP contribution in [0.5, 0.6) is 11.5 Å². The second-order valence-corrected chi connectivity index (χ2v) is 11.6. The lowest BCUT2D eigenvalue weighted by Gasteiger charge is -2.15. The number of methoxy groups -OCH3 is 2. The molecule has 0 bridgehead atoms. The van der Waals surface area contributed by atoms with Gasteiger partial charge in [-0.25, -0.2) is 0 Å². The Morgan fingerprint density at radius 3 is 2.32 bits per heavy atom. The first kappa shape index (κ1) is 32.5. The van der Waals surface area contributed by atoms with Gasteiger partial charge in [-0.2, -0.15) is 0 Å². The van der Waals surface area contributed by atoms with Crippen LogP contribution in [0.1, 0.15) is 22.8 Å². The molecule has 0 spiro atoms. The highest BCUT2D eigenvalue weighted by atomic mass is 35.5. The fraction of sp³-hybridized carbons (Fsp3) is 0.121. The third-order valence-electron chi connectivity index (χ3n) is 6.22. The number of hydrogen-bond donors (Lipinski definition) is 3. The molecular formula is C33H29Cl2N3O5S. The molecule has 4 rings (SSSR count). The van der Waals surface area contributed by atoms with Crippen molar-refractivity contribution in [3.63, 3.8) is 0 Å². The summed E-state index contributed by atoms with van der Waals surface area (Å²) in [6.07, 6.45) is 1.52. The topological polar surface area (TPSA) is 106 Å².